The van der Waals surface area contributed by atoms with Gasteiger partial charge in [0.2, 0.25) is 0 Å². The molecule has 0 N–H and O–H groups in total. The molecule has 0 saturated heterocycles. The van der Waals surface area contributed by atoms with Gasteiger partial charge in [-0.25, -0.2) is 4.79 Å². The van der Waals surface area contributed by atoms with Crippen molar-refractivity contribution in [3.05, 3.63) is 59.4 Å². The van der Waals surface area contributed by atoms with Crippen molar-refractivity contribution >= 4 is 16.1 Å². The third-order valence-corrected chi connectivity index (χ3v) is 5.11. The van der Waals surface area contributed by atoms with Crippen molar-refractivity contribution in [2.45, 2.75) is 32.2 Å². The van der Waals surface area contributed by atoms with E-state index in [9.17, 15) is 26.4 Å². The summed E-state index contributed by atoms with van der Waals surface area (Å²) in [7, 11) is -5.87. The van der Waals surface area contributed by atoms with Gasteiger partial charge >= 0.3 is 21.6 Å². The standard InChI is InChI=1S/C18H19F3O5S/c1-3-25-16(22)14-10-7-11-15(26-27(23,24)18(19,20)21)17(14,2)12-13-8-5-4-6-9-13/h4-6,8-11H,3,7,12H2,1-2H3. The molecule has 0 fully saturated rings. The Labute approximate surface area is 155 Å². The maximum Gasteiger partial charge on any atom is 0.534 e. The summed E-state index contributed by atoms with van der Waals surface area (Å²) in [5, 5.41) is 0. The van der Waals surface area contributed by atoms with Crippen molar-refractivity contribution < 1.29 is 35.3 Å². The van der Waals surface area contributed by atoms with Gasteiger partial charge in [-0.3, -0.25) is 0 Å². The highest BCUT2D eigenvalue weighted by molar-refractivity contribution is 7.87. The molecule has 1 aromatic rings. The number of allylic oxidation sites excluding steroid dienone is 3. The summed E-state index contributed by atoms with van der Waals surface area (Å²) in [6.07, 6.45) is 2.84. The van der Waals surface area contributed by atoms with Crippen LogP contribution in [0.2, 0.25) is 0 Å². The zero-order chi connectivity index (χ0) is 20.3. The predicted molar refractivity (Wildman–Crippen MR) is 91.7 cm³/mol. The number of alkyl halides is 3. The molecule has 0 amide bonds. The van der Waals surface area contributed by atoms with Gasteiger partial charge in [-0.15, -0.1) is 0 Å². The zero-order valence-corrected chi connectivity index (χ0v) is 15.6. The summed E-state index contributed by atoms with van der Waals surface area (Å²) in [6, 6.07) is 8.66. The van der Waals surface area contributed by atoms with E-state index in [1.54, 1.807) is 37.3 Å². The Morgan fingerprint density at radius 1 is 1.19 bits per heavy atom. The molecule has 0 spiro atoms. The smallest absolute Gasteiger partial charge is 0.463 e. The normalized spacial score (nSPS) is 20.5. The van der Waals surface area contributed by atoms with Crippen LogP contribution in [0.3, 0.4) is 0 Å². The van der Waals surface area contributed by atoms with Crippen LogP contribution in [0.4, 0.5) is 13.2 Å². The van der Waals surface area contributed by atoms with Gasteiger partial charge in [0.1, 0.15) is 5.76 Å². The summed E-state index contributed by atoms with van der Waals surface area (Å²) in [6.45, 7) is 3.12. The molecule has 0 saturated carbocycles. The van der Waals surface area contributed by atoms with Crippen LogP contribution in [0, 0.1) is 5.41 Å². The third kappa shape index (κ3) is 4.52. The van der Waals surface area contributed by atoms with Crippen LogP contribution < -0.4 is 0 Å². The van der Waals surface area contributed by atoms with Crippen molar-refractivity contribution in [3.8, 4) is 0 Å². The predicted octanol–water partition coefficient (Wildman–Crippen LogP) is 3.88. The van der Waals surface area contributed by atoms with Gasteiger partial charge in [-0.1, -0.05) is 36.4 Å². The Bertz CT molecular complexity index is 857. The van der Waals surface area contributed by atoms with Crippen molar-refractivity contribution in [1.82, 2.24) is 0 Å². The quantitative estimate of drug-likeness (QED) is 0.409. The Morgan fingerprint density at radius 2 is 1.81 bits per heavy atom. The van der Waals surface area contributed by atoms with Gasteiger partial charge in [0, 0.05) is 5.57 Å². The van der Waals surface area contributed by atoms with E-state index in [4.69, 9.17) is 4.74 Å². The average molecular weight is 404 g/mol. The molecule has 2 rings (SSSR count). The summed E-state index contributed by atoms with van der Waals surface area (Å²) in [5.41, 5.74) is -6.27. The second-order valence-corrected chi connectivity index (χ2v) is 7.66. The Hall–Kier alpha value is -2.29. The first kappa shape index (κ1) is 21.0. The summed E-state index contributed by atoms with van der Waals surface area (Å²) < 4.78 is 70.9. The minimum atomic E-state index is -5.87. The number of benzene rings is 1. The first-order valence-corrected chi connectivity index (χ1v) is 9.55. The van der Waals surface area contributed by atoms with Crippen LogP contribution in [0.15, 0.2) is 53.8 Å². The first-order valence-electron chi connectivity index (χ1n) is 8.14. The van der Waals surface area contributed by atoms with E-state index in [0.29, 0.717) is 5.56 Å². The number of hydrogen-bond acceptors (Lipinski definition) is 5. The number of hydrogen-bond donors (Lipinski definition) is 0. The molecule has 0 aromatic heterocycles. The summed E-state index contributed by atoms with van der Waals surface area (Å²) in [5.74, 6) is -1.18. The molecule has 1 aliphatic carbocycles. The van der Waals surface area contributed by atoms with Crippen molar-refractivity contribution in [1.29, 1.82) is 0 Å². The van der Waals surface area contributed by atoms with Gasteiger partial charge in [0.25, 0.3) is 0 Å². The van der Waals surface area contributed by atoms with Crippen molar-refractivity contribution in [2.75, 3.05) is 6.61 Å². The van der Waals surface area contributed by atoms with Gasteiger partial charge in [-0.2, -0.15) is 21.6 Å². The molecule has 1 unspecified atom stereocenters. The average Bonchev–Trinajstić information content (AvgIpc) is 2.56. The Morgan fingerprint density at radius 3 is 2.37 bits per heavy atom. The zero-order valence-electron chi connectivity index (χ0n) is 14.7. The number of carbonyl (C=O) groups excluding carboxylic acids is 1. The Balaban J connectivity index is 2.48. The van der Waals surface area contributed by atoms with Crippen LogP contribution in [-0.2, 0) is 30.3 Å². The van der Waals surface area contributed by atoms with Crippen molar-refractivity contribution in [3.63, 3.8) is 0 Å². The van der Waals surface area contributed by atoms with Crippen molar-refractivity contribution in [2.24, 2.45) is 5.41 Å². The third-order valence-electron chi connectivity index (χ3n) is 4.14. The molecule has 1 atom stereocenters. The van der Waals surface area contributed by atoms with Gasteiger partial charge in [-0.05, 0) is 38.3 Å². The van der Waals surface area contributed by atoms with E-state index in [0.717, 1.165) is 0 Å². The van der Waals surface area contributed by atoms with Gasteiger partial charge < -0.3 is 8.92 Å². The van der Waals surface area contributed by atoms with Gasteiger partial charge in [0.15, 0.2) is 0 Å². The first-order chi connectivity index (χ1) is 12.5. The summed E-state index contributed by atoms with van der Waals surface area (Å²) in [4.78, 5) is 12.4. The number of esters is 1. The topological polar surface area (TPSA) is 69.7 Å². The second-order valence-electron chi connectivity index (χ2n) is 6.12. The number of rotatable bonds is 6. The van der Waals surface area contributed by atoms with Crippen LogP contribution in [0.5, 0.6) is 0 Å². The van der Waals surface area contributed by atoms with E-state index in [1.165, 1.54) is 19.1 Å². The summed E-state index contributed by atoms with van der Waals surface area (Å²) >= 11 is 0. The minimum absolute atomic E-state index is 0.0429. The molecule has 9 heteroatoms. The highest BCUT2D eigenvalue weighted by Gasteiger charge is 2.52. The fourth-order valence-corrected chi connectivity index (χ4v) is 3.45. The van der Waals surface area contributed by atoms with E-state index in [-0.39, 0.29) is 25.0 Å². The fraction of sp³-hybridized carbons (Fsp3) is 0.389. The van der Waals surface area contributed by atoms with Crippen LogP contribution >= 0.6 is 0 Å². The Kier molecular flexibility index (Phi) is 6.04. The number of ether oxygens (including phenoxy) is 1. The van der Waals surface area contributed by atoms with Gasteiger partial charge in [0.05, 0.1) is 12.0 Å². The van der Waals surface area contributed by atoms with E-state index in [2.05, 4.69) is 4.18 Å². The second kappa shape index (κ2) is 7.75. The van der Waals surface area contributed by atoms with Crippen LogP contribution in [-0.4, -0.2) is 26.5 Å². The van der Waals surface area contributed by atoms with E-state index < -0.39 is 32.8 Å². The maximum atomic E-state index is 12.8. The maximum absolute atomic E-state index is 12.8. The molecule has 0 radical (unpaired) electrons. The molecule has 0 bridgehead atoms. The molecular weight excluding hydrogens is 385 g/mol. The number of halogens is 3. The van der Waals surface area contributed by atoms with Crippen LogP contribution in [0.1, 0.15) is 25.8 Å². The number of carbonyl (C=O) groups is 1. The monoisotopic (exact) mass is 404 g/mol. The molecule has 1 aliphatic rings. The lowest BCUT2D eigenvalue weighted by atomic mass is 9.72. The van der Waals surface area contributed by atoms with E-state index >= 15 is 0 Å². The van der Waals surface area contributed by atoms with Crippen LogP contribution in [0.25, 0.3) is 0 Å². The molecule has 1 aromatic carbocycles. The fourth-order valence-electron chi connectivity index (χ4n) is 2.86. The lowest BCUT2D eigenvalue weighted by Gasteiger charge is -2.35. The lowest BCUT2D eigenvalue weighted by Crippen LogP contribution is -2.36. The molecule has 148 valence electrons. The lowest BCUT2D eigenvalue weighted by molar-refractivity contribution is -0.139. The molecule has 5 nitrogen and oxygen atoms in total. The largest absolute Gasteiger partial charge is 0.534 e. The molecule has 0 heterocycles. The minimum Gasteiger partial charge on any atom is -0.463 e. The highest BCUT2D eigenvalue weighted by Crippen LogP contribution is 2.45. The van der Waals surface area contributed by atoms with E-state index in [1.807, 2.05) is 0 Å². The SMILES string of the molecule is CCOC(=O)C1=CCC=C(OS(=O)(=O)C(F)(F)F)C1(C)Cc1ccccc1. The highest BCUT2D eigenvalue weighted by atomic mass is 32.2. The molecule has 27 heavy (non-hydrogen) atoms. The molecule has 0 aliphatic heterocycles. The molecular formula is C18H19F3O5S.